The Hall–Kier alpha value is -3.46. The van der Waals surface area contributed by atoms with Crippen LogP contribution >= 0.6 is 0 Å². The Balaban J connectivity index is 1.33. The summed E-state index contributed by atoms with van der Waals surface area (Å²) in [5.41, 5.74) is 3.01. The van der Waals surface area contributed by atoms with Gasteiger partial charge >= 0.3 is 0 Å². The first kappa shape index (κ1) is 21.1. The van der Waals surface area contributed by atoms with Gasteiger partial charge in [0.25, 0.3) is 5.91 Å². The molecule has 6 rings (SSSR count). The van der Waals surface area contributed by atoms with E-state index < -0.39 is 0 Å². The first-order chi connectivity index (χ1) is 16.3. The van der Waals surface area contributed by atoms with Crippen LogP contribution in [-0.4, -0.2) is 56.4 Å². The molecule has 1 aliphatic carbocycles. The Labute approximate surface area is 198 Å². The van der Waals surface area contributed by atoms with Gasteiger partial charge in [-0.15, -0.1) is 0 Å². The number of piperazine rings is 1. The van der Waals surface area contributed by atoms with Crippen molar-refractivity contribution in [1.82, 2.24) is 25.1 Å². The smallest absolute Gasteiger partial charge is 0.260 e. The van der Waals surface area contributed by atoms with E-state index >= 15 is 0 Å². The van der Waals surface area contributed by atoms with Crippen LogP contribution in [0.25, 0.3) is 11.3 Å². The lowest BCUT2D eigenvalue weighted by atomic mass is 10.0. The molecule has 2 fully saturated rings. The third-order valence-electron chi connectivity index (χ3n) is 6.80. The van der Waals surface area contributed by atoms with Crippen LogP contribution in [0.1, 0.15) is 42.6 Å². The first-order valence-electron chi connectivity index (χ1n) is 11.8. The second-order valence-electron chi connectivity index (χ2n) is 10.3. The lowest BCUT2D eigenvalue weighted by Crippen LogP contribution is -2.53. The highest BCUT2D eigenvalue weighted by molar-refractivity contribution is 6.07. The number of hydrogen-bond donors (Lipinski definition) is 2. The topological polar surface area (TPSA) is 97.2 Å². The van der Waals surface area contributed by atoms with Crippen LogP contribution in [0.15, 0.2) is 36.7 Å². The van der Waals surface area contributed by atoms with Gasteiger partial charge in [-0.05, 0) is 44.9 Å². The normalized spacial score (nSPS) is 19.6. The summed E-state index contributed by atoms with van der Waals surface area (Å²) in [6.45, 7) is 6.61. The molecule has 1 saturated carbocycles. The van der Waals surface area contributed by atoms with Crippen molar-refractivity contribution in [2.75, 3.05) is 29.9 Å². The molecule has 3 aromatic heterocycles. The Kier molecular flexibility index (Phi) is 4.67. The van der Waals surface area contributed by atoms with Crippen LogP contribution in [0.3, 0.4) is 0 Å². The number of carbonyl (C=O) groups is 1. The maximum Gasteiger partial charge on any atom is 0.260 e. The van der Waals surface area contributed by atoms with Gasteiger partial charge in [0.1, 0.15) is 17.2 Å². The van der Waals surface area contributed by atoms with Gasteiger partial charge in [0.2, 0.25) is 5.88 Å². The van der Waals surface area contributed by atoms with Gasteiger partial charge in [0, 0.05) is 56.0 Å². The summed E-state index contributed by atoms with van der Waals surface area (Å²) in [5.74, 6) is 1.60. The third-order valence-corrected chi connectivity index (χ3v) is 6.80. The third kappa shape index (κ3) is 3.90. The maximum absolute atomic E-state index is 13.6. The number of nitrogens with one attached hydrogen (secondary N) is 2. The minimum Gasteiger partial charge on any atom is -0.471 e. The van der Waals surface area contributed by atoms with Crippen molar-refractivity contribution >= 4 is 17.5 Å². The van der Waals surface area contributed by atoms with E-state index in [1.807, 2.05) is 45.3 Å². The molecule has 1 spiro atoms. The van der Waals surface area contributed by atoms with Crippen molar-refractivity contribution in [2.45, 2.75) is 44.2 Å². The summed E-state index contributed by atoms with van der Waals surface area (Å²) < 4.78 is 7.84. The molecule has 2 N–H and O–H groups in total. The molecular weight excluding hydrogens is 430 g/mol. The summed E-state index contributed by atoms with van der Waals surface area (Å²) in [6.07, 6.45) is 6.69. The van der Waals surface area contributed by atoms with Gasteiger partial charge in [-0.1, -0.05) is 6.07 Å². The molecule has 34 heavy (non-hydrogen) atoms. The number of anilines is 2. The highest BCUT2D eigenvalue weighted by Crippen LogP contribution is 2.41. The zero-order valence-corrected chi connectivity index (χ0v) is 19.8. The Bertz CT molecular complexity index is 1280. The van der Waals surface area contributed by atoms with Gasteiger partial charge in [-0.2, -0.15) is 10.1 Å². The number of hydrogen-bond acceptors (Lipinski definition) is 7. The molecule has 1 amide bonds. The lowest BCUT2D eigenvalue weighted by molar-refractivity contribution is 0.102. The predicted octanol–water partition coefficient (Wildman–Crippen LogP) is 2.79. The summed E-state index contributed by atoms with van der Waals surface area (Å²) in [5, 5.41) is 10.8. The average Bonchev–Trinajstić information content (AvgIpc) is 3.25. The molecule has 0 radical (unpaired) electrons. The number of rotatable bonds is 4. The van der Waals surface area contributed by atoms with E-state index in [0.717, 1.165) is 55.7 Å². The van der Waals surface area contributed by atoms with Crippen LogP contribution in [-0.2, 0) is 13.5 Å². The molecule has 2 aliphatic heterocycles. The number of aromatic nitrogens is 4. The minimum atomic E-state index is -0.331. The van der Waals surface area contributed by atoms with Crippen molar-refractivity contribution in [3.63, 3.8) is 0 Å². The highest BCUT2D eigenvalue weighted by atomic mass is 16.5. The second-order valence-corrected chi connectivity index (χ2v) is 10.3. The molecular formula is C25H29N7O2. The molecule has 0 aromatic carbocycles. The van der Waals surface area contributed by atoms with Crippen molar-refractivity contribution in [3.8, 4) is 17.1 Å². The molecule has 3 aliphatic rings. The van der Waals surface area contributed by atoms with Gasteiger partial charge in [0.15, 0.2) is 0 Å². The van der Waals surface area contributed by atoms with E-state index in [-0.39, 0.29) is 17.0 Å². The number of carbonyl (C=O) groups excluding carboxylic acids is 1. The van der Waals surface area contributed by atoms with E-state index in [9.17, 15) is 4.79 Å². The second kappa shape index (κ2) is 7.53. The number of nitrogens with zero attached hydrogens (tertiary/aromatic N) is 5. The summed E-state index contributed by atoms with van der Waals surface area (Å²) in [6, 6.07) is 7.55. The van der Waals surface area contributed by atoms with Crippen LogP contribution < -0.4 is 20.3 Å². The molecule has 9 heteroatoms. The molecule has 176 valence electrons. The molecule has 0 unspecified atom stereocenters. The number of aryl methyl sites for hydroxylation is 1. The summed E-state index contributed by atoms with van der Waals surface area (Å²) in [4.78, 5) is 25.3. The molecule has 1 saturated heterocycles. The van der Waals surface area contributed by atoms with E-state index in [1.165, 1.54) is 0 Å². The highest BCUT2D eigenvalue weighted by Gasteiger charge is 2.46. The van der Waals surface area contributed by atoms with Crippen LogP contribution in [0.4, 0.5) is 11.6 Å². The number of amides is 1. The Morgan fingerprint density at radius 2 is 2.09 bits per heavy atom. The van der Waals surface area contributed by atoms with E-state index in [0.29, 0.717) is 23.1 Å². The van der Waals surface area contributed by atoms with Gasteiger partial charge in [-0.25, -0.2) is 4.98 Å². The van der Waals surface area contributed by atoms with E-state index in [1.54, 1.807) is 16.9 Å². The Morgan fingerprint density at radius 1 is 1.24 bits per heavy atom. The van der Waals surface area contributed by atoms with Crippen molar-refractivity contribution in [3.05, 3.63) is 47.8 Å². The molecule has 0 bridgehead atoms. The molecule has 3 aromatic rings. The van der Waals surface area contributed by atoms with Gasteiger partial charge < -0.3 is 20.3 Å². The van der Waals surface area contributed by atoms with Crippen LogP contribution in [0, 0.1) is 0 Å². The van der Waals surface area contributed by atoms with Crippen molar-refractivity contribution < 1.29 is 9.53 Å². The quantitative estimate of drug-likeness (QED) is 0.619. The van der Waals surface area contributed by atoms with Crippen molar-refractivity contribution in [1.29, 1.82) is 0 Å². The fourth-order valence-electron chi connectivity index (χ4n) is 4.93. The first-order valence-corrected chi connectivity index (χ1v) is 11.8. The maximum atomic E-state index is 13.6. The van der Waals surface area contributed by atoms with Crippen LogP contribution in [0.2, 0.25) is 0 Å². The average molecular weight is 460 g/mol. The molecule has 5 heterocycles. The van der Waals surface area contributed by atoms with E-state index in [4.69, 9.17) is 9.72 Å². The van der Waals surface area contributed by atoms with E-state index in [2.05, 4.69) is 25.6 Å². The lowest BCUT2D eigenvalue weighted by Gasteiger charge is -2.35. The summed E-state index contributed by atoms with van der Waals surface area (Å²) >= 11 is 0. The zero-order chi connectivity index (χ0) is 23.5. The largest absolute Gasteiger partial charge is 0.471 e. The number of pyridine rings is 2. The fraction of sp³-hybridized carbons (Fsp3) is 0.440. The summed E-state index contributed by atoms with van der Waals surface area (Å²) in [7, 11) is 1.87. The van der Waals surface area contributed by atoms with Gasteiger partial charge in [0.05, 0.1) is 17.5 Å². The monoisotopic (exact) mass is 459 g/mol. The standard InChI is InChI=1S/C25H29N7O2/c1-24(2)12-16-11-18(21(30-23(16)34-24)32-10-9-26-25(15-32)7-8-25)22(33)29-20-6-4-5-19(28-20)17-13-27-31(3)14-17/h4-6,11,13-14,26H,7-10,12,15H2,1-3H3,(H,28,29,33). The molecule has 9 nitrogen and oxygen atoms in total. The SMILES string of the molecule is Cn1cc(-c2cccc(NC(=O)c3cc4c(nc3N3CCNC5(CC5)C3)OC(C)(C)C4)n2)cn1. The van der Waals surface area contributed by atoms with Crippen LogP contribution in [0.5, 0.6) is 5.88 Å². The molecule has 0 atom stereocenters. The zero-order valence-electron chi connectivity index (χ0n) is 19.8. The fourth-order valence-corrected chi connectivity index (χ4v) is 4.93. The van der Waals surface area contributed by atoms with Crippen molar-refractivity contribution in [2.24, 2.45) is 7.05 Å². The number of fused-ring (bicyclic) bond motifs is 1. The minimum absolute atomic E-state index is 0.159. The number of ether oxygens (including phenoxy) is 1. The Morgan fingerprint density at radius 3 is 2.85 bits per heavy atom. The van der Waals surface area contributed by atoms with Gasteiger partial charge in [-0.3, -0.25) is 9.48 Å². The predicted molar refractivity (Wildman–Crippen MR) is 129 cm³/mol.